The molecule has 1 aliphatic heterocycles. The van der Waals surface area contributed by atoms with Crippen LogP contribution in [0.5, 0.6) is 11.5 Å². The Morgan fingerprint density at radius 1 is 1.25 bits per heavy atom. The van der Waals surface area contributed by atoms with Crippen LogP contribution in [0.25, 0.3) is 6.08 Å². The van der Waals surface area contributed by atoms with E-state index in [9.17, 15) is 4.79 Å². The van der Waals surface area contributed by atoms with Crippen LogP contribution in [-0.2, 0) is 9.53 Å². The second-order valence-corrected chi connectivity index (χ2v) is 4.38. The molecule has 20 heavy (non-hydrogen) atoms. The highest BCUT2D eigenvalue weighted by Gasteiger charge is 2.14. The molecule has 0 aliphatic carbocycles. The van der Waals surface area contributed by atoms with Crippen molar-refractivity contribution in [3.63, 3.8) is 0 Å². The number of methoxy groups -OCH3 is 2. The monoisotopic (exact) mass is 277 g/mol. The van der Waals surface area contributed by atoms with Gasteiger partial charge in [-0.25, -0.2) is 0 Å². The first-order valence-electron chi connectivity index (χ1n) is 6.51. The van der Waals surface area contributed by atoms with E-state index in [0.717, 1.165) is 11.3 Å². The molecule has 0 radical (unpaired) electrons. The van der Waals surface area contributed by atoms with Crippen LogP contribution in [0.2, 0.25) is 0 Å². The lowest BCUT2D eigenvalue weighted by atomic mass is 10.1. The van der Waals surface area contributed by atoms with E-state index in [1.807, 2.05) is 18.2 Å². The second-order valence-electron chi connectivity index (χ2n) is 4.38. The molecule has 108 valence electrons. The Hall–Kier alpha value is -2.01. The maximum absolute atomic E-state index is 12.0. The van der Waals surface area contributed by atoms with Crippen LogP contribution in [0, 0.1) is 0 Å². The van der Waals surface area contributed by atoms with Crippen molar-refractivity contribution in [1.29, 1.82) is 0 Å². The van der Waals surface area contributed by atoms with Crippen LogP contribution in [0.15, 0.2) is 24.3 Å². The Kier molecular flexibility index (Phi) is 5.01. The van der Waals surface area contributed by atoms with Crippen molar-refractivity contribution in [1.82, 2.24) is 4.90 Å². The van der Waals surface area contributed by atoms with Gasteiger partial charge in [-0.1, -0.05) is 0 Å². The topological polar surface area (TPSA) is 48.0 Å². The minimum Gasteiger partial charge on any atom is -0.497 e. The van der Waals surface area contributed by atoms with Gasteiger partial charge in [-0.05, 0) is 24.3 Å². The molecule has 1 aromatic rings. The van der Waals surface area contributed by atoms with Crippen LogP contribution < -0.4 is 9.47 Å². The summed E-state index contributed by atoms with van der Waals surface area (Å²) in [5.41, 5.74) is 0.813. The molecule has 1 aliphatic rings. The van der Waals surface area contributed by atoms with Crippen molar-refractivity contribution in [2.24, 2.45) is 0 Å². The van der Waals surface area contributed by atoms with Gasteiger partial charge in [0.1, 0.15) is 11.5 Å². The molecule has 0 bridgehead atoms. The fourth-order valence-electron chi connectivity index (χ4n) is 2.02. The lowest BCUT2D eigenvalue weighted by Gasteiger charge is -2.25. The molecule has 5 heteroatoms. The molecular weight excluding hydrogens is 258 g/mol. The Morgan fingerprint density at radius 2 is 2.00 bits per heavy atom. The molecular formula is C15H19NO4. The largest absolute Gasteiger partial charge is 0.497 e. The van der Waals surface area contributed by atoms with Crippen molar-refractivity contribution >= 4 is 12.0 Å². The van der Waals surface area contributed by atoms with Gasteiger partial charge < -0.3 is 19.1 Å². The molecule has 0 unspecified atom stereocenters. The molecule has 2 rings (SSSR count). The molecule has 1 heterocycles. The second kappa shape index (κ2) is 6.96. The zero-order valence-electron chi connectivity index (χ0n) is 11.8. The average molecular weight is 277 g/mol. The van der Waals surface area contributed by atoms with E-state index >= 15 is 0 Å². The van der Waals surface area contributed by atoms with Crippen molar-refractivity contribution in [3.05, 3.63) is 29.8 Å². The fourth-order valence-corrected chi connectivity index (χ4v) is 2.02. The maximum atomic E-state index is 12.0. The molecule has 1 saturated heterocycles. The molecule has 1 fully saturated rings. The number of ether oxygens (including phenoxy) is 3. The van der Waals surface area contributed by atoms with Crippen LogP contribution in [0.1, 0.15) is 5.56 Å². The Bertz CT molecular complexity index is 493. The van der Waals surface area contributed by atoms with Crippen molar-refractivity contribution < 1.29 is 19.0 Å². The summed E-state index contributed by atoms with van der Waals surface area (Å²) >= 11 is 0. The van der Waals surface area contributed by atoms with Gasteiger partial charge in [0.2, 0.25) is 5.91 Å². The number of hydrogen-bond acceptors (Lipinski definition) is 4. The highest BCUT2D eigenvalue weighted by molar-refractivity contribution is 5.92. The summed E-state index contributed by atoms with van der Waals surface area (Å²) in [6.45, 7) is 2.47. The number of carbonyl (C=O) groups is 1. The zero-order chi connectivity index (χ0) is 14.4. The van der Waals surface area contributed by atoms with Gasteiger partial charge in [0.15, 0.2) is 0 Å². The van der Waals surface area contributed by atoms with Crippen LogP contribution in [0.3, 0.4) is 0 Å². The van der Waals surface area contributed by atoms with Gasteiger partial charge in [-0.15, -0.1) is 0 Å². The van der Waals surface area contributed by atoms with Gasteiger partial charge in [0, 0.05) is 24.7 Å². The van der Waals surface area contributed by atoms with Crippen molar-refractivity contribution in [2.75, 3.05) is 40.5 Å². The molecule has 0 saturated carbocycles. The van der Waals surface area contributed by atoms with Gasteiger partial charge in [0.25, 0.3) is 0 Å². The summed E-state index contributed by atoms with van der Waals surface area (Å²) in [6.07, 6.45) is 3.31. The van der Waals surface area contributed by atoms with E-state index in [1.54, 1.807) is 31.3 Å². The van der Waals surface area contributed by atoms with Crippen molar-refractivity contribution in [2.45, 2.75) is 0 Å². The number of amides is 1. The molecule has 0 N–H and O–H groups in total. The summed E-state index contributed by atoms with van der Waals surface area (Å²) in [4.78, 5) is 13.8. The number of rotatable bonds is 4. The normalized spacial score (nSPS) is 15.4. The Morgan fingerprint density at radius 3 is 2.65 bits per heavy atom. The molecule has 1 amide bonds. The van der Waals surface area contributed by atoms with Gasteiger partial charge in [0.05, 0.1) is 27.4 Å². The van der Waals surface area contributed by atoms with E-state index in [4.69, 9.17) is 14.2 Å². The molecule has 0 aromatic heterocycles. The third-order valence-corrected chi connectivity index (χ3v) is 3.17. The summed E-state index contributed by atoms with van der Waals surface area (Å²) in [6, 6.07) is 5.47. The highest BCUT2D eigenvalue weighted by Crippen LogP contribution is 2.25. The van der Waals surface area contributed by atoms with E-state index < -0.39 is 0 Å². The first-order valence-corrected chi connectivity index (χ1v) is 6.51. The number of hydrogen-bond donors (Lipinski definition) is 0. The van der Waals surface area contributed by atoms with Gasteiger partial charge >= 0.3 is 0 Å². The van der Waals surface area contributed by atoms with Crippen LogP contribution in [0.4, 0.5) is 0 Å². The Balaban J connectivity index is 2.11. The quantitative estimate of drug-likeness (QED) is 0.784. The fraction of sp³-hybridized carbons (Fsp3) is 0.400. The number of benzene rings is 1. The lowest BCUT2D eigenvalue weighted by molar-refractivity contribution is -0.129. The summed E-state index contributed by atoms with van der Waals surface area (Å²) in [7, 11) is 3.21. The first-order chi connectivity index (χ1) is 9.74. The smallest absolute Gasteiger partial charge is 0.246 e. The summed E-state index contributed by atoms with van der Waals surface area (Å²) in [5, 5.41) is 0. The van der Waals surface area contributed by atoms with Crippen molar-refractivity contribution in [3.8, 4) is 11.5 Å². The Labute approximate surface area is 118 Å². The molecule has 1 aromatic carbocycles. The molecule has 0 spiro atoms. The van der Waals surface area contributed by atoms with Gasteiger partial charge in [-0.3, -0.25) is 4.79 Å². The lowest BCUT2D eigenvalue weighted by Crippen LogP contribution is -2.39. The maximum Gasteiger partial charge on any atom is 0.246 e. The van der Waals surface area contributed by atoms with E-state index in [0.29, 0.717) is 32.1 Å². The predicted octanol–water partition coefficient (Wildman–Crippen LogP) is 1.58. The predicted molar refractivity (Wildman–Crippen MR) is 76.0 cm³/mol. The molecule has 0 atom stereocenters. The summed E-state index contributed by atoms with van der Waals surface area (Å²) in [5.74, 6) is 1.42. The SMILES string of the molecule is COc1ccc(OC)c(C=CC(=O)N2CCOCC2)c1. The van der Waals surface area contributed by atoms with Crippen LogP contribution in [-0.4, -0.2) is 51.3 Å². The zero-order valence-corrected chi connectivity index (χ0v) is 11.8. The van der Waals surface area contributed by atoms with E-state index in [1.165, 1.54) is 0 Å². The standard InChI is InChI=1S/C15H19NO4/c1-18-13-4-5-14(19-2)12(11-13)3-6-15(17)16-7-9-20-10-8-16/h3-6,11H,7-10H2,1-2H3. The van der Waals surface area contributed by atoms with E-state index in [-0.39, 0.29) is 5.91 Å². The number of nitrogens with zero attached hydrogens (tertiary/aromatic N) is 1. The number of carbonyl (C=O) groups excluding carboxylic acids is 1. The van der Waals surface area contributed by atoms with E-state index in [2.05, 4.69) is 0 Å². The summed E-state index contributed by atoms with van der Waals surface area (Å²) < 4.78 is 15.7. The third-order valence-electron chi connectivity index (χ3n) is 3.17. The minimum absolute atomic E-state index is 0.0156. The average Bonchev–Trinajstić information content (AvgIpc) is 2.53. The first kappa shape index (κ1) is 14.4. The highest BCUT2D eigenvalue weighted by atomic mass is 16.5. The van der Waals surface area contributed by atoms with Crippen LogP contribution >= 0.6 is 0 Å². The minimum atomic E-state index is -0.0156. The third kappa shape index (κ3) is 3.51. The molecule has 5 nitrogen and oxygen atoms in total. The van der Waals surface area contributed by atoms with Gasteiger partial charge in [-0.2, -0.15) is 0 Å². The number of morpholine rings is 1.